The highest BCUT2D eigenvalue weighted by Gasteiger charge is 2.51. The topological polar surface area (TPSA) is 12.5 Å². The van der Waals surface area contributed by atoms with Crippen LogP contribution in [0.25, 0.3) is 0 Å². The van der Waals surface area contributed by atoms with Gasteiger partial charge in [0.05, 0.1) is 18.2 Å². The van der Waals surface area contributed by atoms with Crippen LogP contribution in [-0.4, -0.2) is 36.2 Å². The van der Waals surface area contributed by atoms with E-state index in [0.29, 0.717) is 5.41 Å². The predicted octanol–water partition coefficient (Wildman–Crippen LogP) is 3.25. The second kappa shape index (κ2) is 4.70. The summed E-state index contributed by atoms with van der Waals surface area (Å²) < 4.78 is 5.44. The van der Waals surface area contributed by atoms with Gasteiger partial charge in [-0.25, -0.2) is 0 Å². The third-order valence-electron chi connectivity index (χ3n) is 6.06. The maximum atomic E-state index is 5.78. The SMILES string of the molecule is S=C(CC12CC3CC(CC(C3)C1)C2)N1CCOCC1. The van der Waals surface area contributed by atoms with E-state index in [1.54, 1.807) is 0 Å². The monoisotopic (exact) mass is 279 g/mol. The normalized spacial score (nSPS) is 44.6. The second-order valence-corrected chi connectivity index (χ2v) is 8.06. The van der Waals surface area contributed by atoms with Crippen LogP contribution >= 0.6 is 12.2 Å². The van der Waals surface area contributed by atoms with Gasteiger partial charge < -0.3 is 9.64 Å². The quantitative estimate of drug-likeness (QED) is 0.720. The third kappa shape index (κ3) is 2.33. The van der Waals surface area contributed by atoms with Gasteiger partial charge in [-0.2, -0.15) is 0 Å². The van der Waals surface area contributed by atoms with Crippen LogP contribution in [0.1, 0.15) is 44.9 Å². The molecule has 4 bridgehead atoms. The molecule has 1 heterocycles. The molecule has 5 rings (SSSR count). The van der Waals surface area contributed by atoms with Crippen molar-refractivity contribution in [2.45, 2.75) is 44.9 Å². The Morgan fingerprint density at radius 3 is 2.05 bits per heavy atom. The number of thiocarbonyl (C=S) groups is 1. The van der Waals surface area contributed by atoms with Crippen LogP contribution in [0, 0.1) is 23.2 Å². The van der Waals surface area contributed by atoms with Crippen molar-refractivity contribution in [3.63, 3.8) is 0 Å². The van der Waals surface area contributed by atoms with Gasteiger partial charge in [0.2, 0.25) is 0 Å². The molecule has 0 radical (unpaired) electrons. The summed E-state index contributed by atoms with van der Waals surface area (Å²) >= 11 is 5.78. The van der Waals surface area contributed by atoms with Gasteiger partial charge in [-0.1, -0.05) is 12.2 Å². The molecule has 3 heteroatoms. The molecular weight excluding hydrogens is 254 g/mol. The van der Waals surface area contributed by atoms with E-state index >= 15 is 0 Å². The van der Waals surface area contributed by atoms with Crippen LogP contribution in [0.4, 0.5) is 0 Å². The lowest BCUT2D eigenvalue weighted by atomic mass is 9.49. The lowest BCUT2D eigenvalue weighted by Gasteiger charge is -2.57. The van der Waals surface area contributed by atoms with Gasteiger partial charge in [0.1, 0.15) is 0 Å². The van der Waals surface area contributed by atoms with Crippen LogP contribution in [0.3, 0.4) is 0 Å². The van der Waals surface area contributed by atoms with Gasteiger partial charge in [-0.3, -0.25) is 0 Å². The molecular formula is C16H25NOS. The highest BCUT2D eigenvalue weighted by atomic mass is 32.1. The molecule has 5 fully saturated rings. The first-order chi connectivity index (χ1) is 9.22. The van der Waals surface area contributed by atoms with E-state index in [9.17, 15) is 0 Å². The number of rotatable bonds is 2. The molecule has 0 atom stereocenters. The lowest BCUT2D eigenvalue weighted by Crippen LogP contribution is -2.49. The lowest BCUT2D eigenvalue weighted by molar-refractivity contribution is -0.0496. The summed E-state index contributed by atoms with van der Waals surface area (Å²) in [6.45, 7) is 3.76. The molecule has 0 aromatic heterocycles. The van der Waals surface area contributed by atoms with Crippen molar-refractivity contribution in [3.8, 4) is 0 Å². The van der Waals surface area contributed by atoms with E-state index in [2.05, 4.69) is 4.90 Å². The second-order valence-electron chi connectivity index (χ2n) is 7.59. The van der Waals surface area contributed by atoms with Crippen LogP contribution in [0.5, 0.6) is 0 Å². The Labute approximate surface area is 121 Å². The van der Waals surface area contributed by atoms with Crippen molar-refractivity contribution in [2.24, 2.45) is 23.2 Å². The maximum Gasteiger partial charge on any atom is 0.0786 e. The summed E-state index contributed by atoms with van der Waals surface area (Å²) in [5.74, 6) is 3.12. The zero-order valence-electron chi connectivity index (χ0n) is 11.8. The molecule has 4 aliphatic carbocycles. The first kappa shape index (κ1) is 12.6. The molecule has 1 saturated heterocycles. The fourth-order valence-corrected chi connectivity index (χ4v) is 6.24. The Balaban J connectivity index is 1.45. The smallest absolute Gasteiger partial charge is 0.0786 e. The van der Waals surface area contributed by atoms with Gasteiger partial charge in [0, 0.05) is 19.5 Å². The predicted molar refractivity (Wildman–Crippen MR) is 80.2 cm³/mol. The minimum absolute atomic E-state index is 0.601. The van der Waals surface area contributed by atoms with Gasteiger partial charge >= 0.3 is 0 Å². The fourth-order valence-electron chi connectivity index (χ4n) is 5.75. The van der Waals surface area contributed by atoms with Gasteiger partial charge in [-0.05, 0) is 61.7 Å². The molecule has 0 aromatic carbocycles. The first-order valence-corrected chi connectivity index (χ1v) is 8.49. The van der Waals surface area contributed by atoms with Crippen LogP contribution in [0.2, 0.25) is 0 Å². The Morgan fingerprint density at radius 1 is 1.00 bits per heavy atom. The van der Waals surface area contributed by atoms with E-state index in [-0.39, 0.29) is 0 Å². The molecule has 1 aliphatic heterocycles. The number of hydrogen-bond acceptors (Lipinski definition) is 2. The summed E-state index contributed by atoms with van der Waals surface area (Å²) in [6.07, 6.45) is 10.2. The third-order valence-corrected chi connectivity index (χ3v) is 6.46. The Hall–Kier alpha value is -0.150. The Morgan fingerprint density at radius 2 is 1.53 bits per heavy atom. The zero-order valence-corrected chi connectivity index (χ0v) is 12.6. The number of nitrogens with zero attached hydrogens (tertiary/aromatic N) is 1. The summed E-state index contributed by atoms with van der Waals surface area (Å²) in [4.78, 5) is 3.66. The van der Waals surface area contributed by atoms with E-state index in [1.165, 1.54) is 49.9 Å². The van der Waals surface area contributed by atoms with Crippen molar-refractivity contribution in [3.05, 3.63) is 0 Å². The first-order valence-electron chi connectivity index (χ1n) is 8.08. The van der Waals surface area contributed by atoms with Gasteiger partial charge in [0.25, 0.3) is 0 Å². The van der Waals surface area contributed by atoms with Crippen molar-refractivity contribution in [1.82, 2.24) is 4.90 Å². The molecule has 0 N–H and O–H groups in total. The summed E-state index contributed by atoms with van der Waals surface area (Å²) in [7, 11) is 0. The van der Waals surface area contributed by atoms with Crippen molar-refractivity contribution in [1.29, 1.82) is 0 Å². The van der Waals surface area contributed by atoms with E-state index < -0.39 is 0 Å². The van der Waals surface area contributed by atoms with Crippen LogP contribution in [0.15, 0.2) is 0 Å². The highest BCUT2D eigenvalue weighted by Crippen LogP contribution is 2.61. The molecule has 0 amide bonds. The fraction of sp³-hybridized carbons (Fsp3) is 0.938. The van der Waals surface area contributed by atoms with E-state index in [1.807, 2.05) is 0 Å². The average Bonchev–Trinajstić information content (AvgIpc) is 2.37. The van der Waals surface area contributed by atoms with Gasteiger partial charge in [-0.15, -0.1) is 0 Å². The summed E-state index contributed by atoms with van der Waals surface area (Å²) in [5, 5.41) is 0. The van der Waals surface area contributed by atoms with E-state index in [0.717, 1.165) is 44.1 Å². The Kier molecular flexibility index (Phi) is 3.11. The standard InChI is InChI=1S/C16H25NOS/c19-15(17-1-3-18-4-2-17)11-16-8-12-5-13(9-16)7-14(6-12)10-16/h12-14H,1-11H2. The number of morpholine rings is 1. The molecule has 0 aromatic rings. The van der Waals surface area contributed by atoms with Gasteiger partial charge in [0.15, 0.2) is 0 Å². The highest BCUT2D eigenvalue weighted by molar-refractivity contribution is 7.80. The number of hydrogen-bond donors (Lipinski definition) is 0. The van der Waals surface area contributed by atoms with Crippen molar-refractivity contribution >= 4 is 17.2 Å². The molecule has 0 spiro atoms. The Bertz CT molecular complexity index is 340. The average molecular weight is 279 g/mol. The number of ether oxygens (including phenoxy) is 1. The molecule has 5 aliphatic rings. The molecule has 4 saturated carbocycles. The van der Waals surface area contributed by atoms with E-state index in [4.69, 9.17) is 17.0 Å². The van der Waals surface area contributed by atoms with Crippen LogP contribution < -0.4 is 0 Å². The summed E-state index contributed by atoms with van der Waals surface area (Å²) in [6, 6.07) is 0. The molecule has 19 heavy (non-hydrogen) atoms. The minimum Gasteiger partial charge on any atom is -0.378 e. The molecule has 106 valence electrons. The minimum atomic E-state index is 0.601. The van der Waals surface area contributed by atoms with Crippen molar-refractivity contribution in [2.75, 3.05) is 26.3 Å². The molecule has 0 unspecified atom stereocenters. The zero-order chi connectivity index (χ0) is 12.9. The van der Waals surface area contributed by atoms with Crippen LogP contribution in [-0.2, 0) is 4.74 Å². The molecule has 2 nitrogen and oxygen atoms in total. The summed E-state index contributed by atoms with van der Waals surface area (Å²) in [5.41, 5.74) is 0.601. The van der Waals surface area contributed by atoms with Crippen molar-refractivity contribution < 1.29 is 4.74 Å². The largest absolute Gasteiger partial charge is 0.378 e. The maximum absolute atomic E-state index is 5.78.